The van der Waals surface area contributed by atoms with Gasteiger partial charge in [-0.2, -0.15) is 0 Å². The van der Waals surface area contributed by atoms with Gasteiger partial charge >= 0.3 is 0 Å². The zero-order chi connectivity index (χ0) is 13.2. The molecule has 3 rings (SSSR count). The monoisotopic (exact) mass is 265 g/mol. The number of carbonyl (C=O) groups excluding carboxylic acids is 1. The van der Waals surface area contributed by atoms with Crippen molar-refractivity contribution in [2.24, 2.45) is 11.7 Å². The first kappa shape index (κ1) is 13.4. The number of likely N-dealkylation sites (tertiary alicyclic amines) is 2. The fraction of sp³-hybridized carbons (Fsp3) is 0.933. The molecule has 3 fully saturated rings. The SMILES string of the molecule is N[C@@H]1CC[C@H](C(=O)N2CCC[C@H]2CN2CCCC2)C1. The smallest absolute Gasteiger partial charge is 0.226 e. The Morgan fingerprint density at radius 2 is 1.84 bits per heavy atom. The van der Waals surface area contributed by atoms with Gasteiger partial charge < -0.3 is 15.5 Å². The number of amides is 1. The Kier molecular flexibility index (Phi) is 4.08. The summed E-state index contributed by atoms with van der Waals surface area (Å²) in [5.41, 5.74) is 5.95. The van der Waals surface area contributed by atoms with Gasteiger partial charge in [-0.1, -0.05) is 0 Å². The molecule has 3 aliphatic rings. The van der Waals surface area contributed by atoms with E-state index in [0.717, 1.165) is 32.4 Å². The van der Waals surface area contributed by atoms with Gasteiger partial charge in [-0.3, -0.25) is 4.79 Å². The molecule has 2 aliphatic heterocycles. The van der Waals surface area contributed by atoms with Crippen molar-refractivity contribution < 1.29 is 4.79 Å². The van der Waals surface area contributed by atoms with E-state index in [1.807, 2.05) is 0 Å². The van der Waals surface area contributed by atoms with E-state index in [1.165, 1.54) is 38.8 Å². The van der Waals surface area contributed by atoms with Crippen molar-refractivity contribution in [2.75, 3.05) is 26.2 Å². The molecule has 2 N–H and O–H groups in total. The molecule has 108 valence electrons. The summed E-state index contributed by atoms with van der Waals surface area (Å²) in [6.45, 7) is 4.53. The lowest BCUT2D eigenvalue weighted by atomic mass is 10.1. The topological polar surface area (TPSA) is 49.6 Å². The standard InChI is InChI=1S/C15H27N3O/c16-13-6-5-12(10-13)15(19)18-9-3-4-14(18)11-17-7-1-2-8-17/h12-14H,1-11,16H2/t12-,13+,14-/m0/s1. The molecule has 3 atom stereocenters. The van der Waals surface area contributed by atoms with E-state index in [0.29, 0.717) is 11.9 Å². The van der Waals surface area contributed by atoms with Crippen molar-refractivity contribution in [1.29, 1.82) is 0 Å². The lowest BCUT2D eigenvalue weighted by Gasteiger charge is -2.30. The number of nitrogens with zero attached hydrogens (tertiary/aromatic N) is 2. The Balaban J connectivity index is 1.57. The fourth-order valence-electron chi connectivity index (χ4n) is 4.05. The molecule has 1 aliphatic carbocycles. The molecule has 2 saturated heterocycles. The zero-order valence-corrected chi connectivity index (χ0v) is 11.9. The molecule has 2 heterocycles. The van der Waals surface area contributed by atoms with Crippen molar-refractivity contribution in [3.63, 3.8) is 0 Å². The van der Waals surface area contributed by atoms with Gasteiger partial charge in [-0.05, 0) is 58.0 Å². The van der Waals surface area contributed by atoms with Gasteiger partial charge in [0.1, 0.15) is 0 Å². The predicted molar refractivity (Wildman–Crippen MR) is 75.7 cm³/mol. The Morgan fingerprint density at radius 1 is 1.05 bits per heavy atom. The van der Waals surface area contributed by atoms with Crippen LogP contribution in [0.2, 0.25) is 0 Å². The summed E-state index contributed by atoms with van der Waals surface area (Å²) in [5.74, 6) is 0.615. The van der Waals surface area contributed by atoms with E-state index in [-0.39, 0.29) is 12.0 Å². The minimum absolute atomic E-state index is 0.217. The molecule has 0 aromatic carbocycles. The molecular formula is C15H27N3O. The van der Waals surface area contributed by atoms with Crippen molar-refractivity contribution in [3.05, 3.63) is 0 Å². The lowest BCUT2D eigenvalue weighted by Crippen LogP contribution is -2.44. The number of hydrogen-bond donors (Lipinski definition) is 1. The van der Waals surface area contributed by atoms with Gasteiger partial charge in [-0.15, -0.1) is 0 Å². The van der Waals surface area contributed by atoms with Crippen molar-refractivity contribution in [3.8, 4) is 0 Å². The number of hydrogen-bond acceptors (Lipinski definition) is 3. The second-order valence-corrected chi connectivity index (χ2v) is 6.61. The van der Waals surface area contributed by atoms with Crippen LogP contribution in [0.15, 0.2) is 0 Å². The van der Waals surface area contributed by atoms with Crippen LogP contribution in [-0.2, 0) is 4.79 Å². The summed E-state index contributed by atoms with van der Waals surface area (Å²) in [5, 5.41) is 0. The molecular weight excluding hydrogens is 238 g/mol. The van der Waals surface area contributed by atoms with Gasteiger partial charge in [-0.25, -0.2) is 0 Å². The molecule has 0 bridgehead atoms. The third kappa shape index (κ3) is 2.95. The highest BCUT2D eigenvalue weighted by Gasteiger charge is 2.36. The van der Waals surface area contributed by atoms with Gasteiger partial charge in [0.25, 0.3) is 0 Å². The summed E-state index contributed by atoms with van der Waals surface area (Å²) in [7, 11) is 0. The average Bonchev–Trinajstić information content (AvgIpc) is 3.10. The van der Waals surface area contributed by atoms with Crippen LogP contribution in [-0.4, -0.2) is 54.0 Å². The Bertz CT molecular complexity index is 327. The third-order valence-electron chi connectivity index (χ3n) is 5.15. The Morgan fingerprint density at radius 3 is 2.53 bits per heavy atom. The quantitative estimate of drug-likeness (QED) is 0.834. The van der Waals surface area contributed by atoms with Crippen molar-refractivity contribution in [2.45, 2.75) is 57.0 Å². The largest absolute Gasteiger partial charge is 0.338 e. The van der Waals surface area contributed by atoms with Crippen LogP contribution in [0.5, 0.6) is 0 Å². The summed E-state index contributed by atoms with van der Waals surface area (Å²) >= 11 is 0. The maximum absolute atomic E-state index is 12.6. The maximum Gasteiger partial charge on any atom is 0.226 e. The first-order valence-electron chi connectivity index (χ1n) is 8.02. The highest BCUT2D eigenvalue weighted by molar-refractivity contribution is 5.79. The molecule has 1 amide bonds. The van der Waals surface area contributed by atoms with Gasteiger partial charge in [0.05, 0.1) is 0 Å². The molecule has 0 aromatic rings. The molecule has 19 heavy (non-hydrogen) atoms. The Hall–Kier alpha value is -0.610. The molecule has 0 radical (unpaired) electrons. The first-order chi connectivity index (χ1) is 9.24. The molecule has 4 heteroatoms. The number of rotatable bonds is 3. The van der Waals surface area contributed by atoms with Gasteiger partial charge in [0.2, 0.25) is 5.91 Å². The van der Waals surface area contributed by atoms with Gasteiger partial charge in [0, 0.05) is 31.1 Å². The zero-order valence-electron chi connectivity index (χ0n) is 11.9. The number of nitrogens with two attached hydrogens (primary N) is 1. The van der Waals surface area contributed by atoms with Crippen LogP contribution in [0.4, 0.5) is 0 Å². The first-order valence-corrected chi connectivity index (χ1v) is 8.02. The second-order valence-electron chi connectivity index (χ2n) is 6.61. The van der Waals surface area contributed by atoms with E-state index < -0.39 is 0 Å². The van der Waals surface area contributed by atoms with E-state index >= 15 is 0 Å². The molecule has 1 saturated carbocycles. The van der Waals surface area contributed by atoms with Crippen molar-refractivity contribution >= 4 is 5.91 Å². The van der Waals surface area contributed by atoms with Crippen LogP contribution < -0.4 is 5.73 Å². The highest BCUT2D eigenvalue weighted by Crippen LogP contribution is 2.29. The summed E-state index contributed by atoms with van der Waals surface area (Å²) in [6.07, 6.45) is 7.99. The van der Waals surface area contributed by atoms with Crippen LogP contribution in [0.1, 0.15) is 44.9 Å². The highest BCUT2D eigenvalue weighted by atomic mass is 16.2. The van der Waals surface area contributed by atoms with E-state index in [4.69, 9.17) is 5.73 Å². The normalized spacial score (nSPS) is 36.3. The van der Waals surface area contributed by atoms with E-state index in [1.54, 1.807) is 0 Å². The predicted octanol–water partition coefficient (Wildman–Crippen LogP) is 1.20. The third-order valence-corrected chi connectivity index (χ3v) is 5.15. The van der Waals surface area contributed by atoms with Crippen molar-refractivity contribution in [1.82, 2.24) is 9.80 Å². The van der Waals surface area contributed by atoms with Crippen LogP contribution in [0, 0.1) is 5.92 Å². The summed E-state index contributed by atoms with van der Waals surface area (Å²) in [4.78, 5) is 17.3. The molecule has 0 spiro atoms. The van der Waals surface area contributed by atoms with Crippen LogP contribution >= 0.6 is 0 Å². The molecule has 0 unspecified atom stereocenters. The van der Waals surface area contributed by atoms with E-state index in [9.17, 15) is 4.79 Å². The van der Waals surface area contributed by atoms with Crippen LogP contribution in [0.3, 0.4) is 0 Å². The summed E-state index contributed by atoms with van der Waals surface area (Å²) in [6, 6.07) is 0.732. The van der Waals surface area contributed by atoms with E-state index in [2.05, 4.69) is 9.80 Å². The average molecular weight is 265 g/mol. The molecule has 4 nitrogen and oxygen atoms in total. The van der Waals surface area contributed by atoms with Crippen LogP contribution in [0.25, 0.3) is 0 Å². The number of carbonyl (C=O) groups is 1. The molecule has 0 aromatic heterocycles. The maximum atomic E-state index is 12.6. The second kappa shape index (κ2) is 5.80. The summed E-state index contributed by atoms with van der Waals surface area (Å²) < 4.78 is 0. The Labute approximate surface area is 116 Å². The minimum Gasteiger partial charge on any atom is -0.338 e. The van der Waals surface area contributed by atoms with Gasteiger partial charge in [0.15, 0.2) is 0 Å². The minimum atomic E-state index is 0.217. The lowest BCUT2D eigenvalue weighted by molar-refractivity contribution is -0.136. The fourth-order valence-corrected chi connectivity index (χ4v) is 4.05.